The molecule has 3 N–H and O–H groups in total. The van der Waals surface area contributed by atoms with Gasteiger partial charge in [0.25, 0.3) is 11.8 Å². The highest BCUT2D eigenvalue weighted by Gasteiger charge is 2.18. The minimum Gasteiger partial charge on any atom is -0.321 e. The van der Waals surface area contributed by atoms with Crippen LogP contribution in [0.15, 0.2) is 112 Å². The zero-order valence-corrected chi connectivity index (χ0v) is 25.9. The number of anilines is 2. The summed E-state index contributed by atoms with van der Waals surface area (Å²) >= 11 is 10.1. The van der Waals surface area contributed by atoms with E-state index in [4.69, 9.17) is 11.6 Å². The Hall–Kier alpha value is -4.22. The molecule has 0 fully saturated rings. The second-order valence-electron chi connectivity index (χ2n) is 9.17. The van der Waals surface area contributed by atoms with Crippen LogP contribution in [-0.2, 0) is 9.59 Å². The number of amides is 3. The molecular weight excluding hydrogens is 620 g/mol. The van der Waals surface area contributed by atoms with Gasteiger partial charge in [-0.3, -0.25) is 14.4 Å². The average molecular weight is 645 g/mol. The van der Waals surface area contributed by atoms with E-state index < -0.39 is 11.2 Å². The Bertz CT molecular complexity index is 1750. The van der Waals surface area contributed by atoms with Crippen LogP contribution in [0.3, 0.4) is 0 Å². The Balaban J connectivity index is 1.22. The number of thioether (sulfide) groups is 1. The fourth-order valence-electron chi connectivity index (χ4n) is 3.85. The third-order valence-electron chi connectivity index (χ3n) is 6.01. The van der Waals surface area contributed by atoms with Gasteiger partial charge in [-0.15, -0.1) is 34.4 Å². The number of nitrogens with zero attached hydrogens (tertiary/aromatic N) is 1. The fraction of sp³-hybridized carbons (Fsp3) is 0.0625. The van der Waals surface area contributed by atoms with Crippen molar-refractivity contribution in [1.29, 1.82) is 0 Å². The Morgan fingerprint density at radius 3 is 2.44 bits per heavy atom. The van der Waals surface area contributed by atoms with Crippen molar-refractivity contribution in [2.45, 2.75) is 17.1 Å². The lowest BCUT2D eigenvalue weighted by atomic mass is 10.2. The highest BCUT2D eigenvalue weighted by Crippen LogP contribution is 2.29. The Kier molecular flexibility index (Phi) is 10.1. The van der Waals surface area contributed by atoms with E-state index in [2.05, 4.69) is 20.9 Å². The van der Waals surface area contributed by atoms with E-state index in [1.807, 2.05) is 47.2 Å². The van der Waals surface area contributed by atoms with E-state index in [0.29, 0.717) is 21.4 Å². The first kappa shape index (κ1) is 30.2. The van der Waals surface area contributed by atoms with Crippen molar-refractivity contribution < 1.29 is 14.4 Å². The summed E-state index contributed by atoms with van der Waals surface area (Å²) in [5.74, 6) is -1.05. The fourth-order valence-corrected chi connectivity index (χ4v) is 6.28. The summed E-state index contributed by atoms with van der Waals surface area (Å²) < 4.78 is 0. The second-order valence-corrected chi connectivity index (χ2v) is 12.9. The number of carbonyl (C=O) groups is 3. The maximum absolute atomic E-state index is 13.3. The van der Waals surface area contributed by atoms with E-state index >= 15 is 0 Å². The molecule has 0 saturated heterocycles. The van der Waals surface area contributed by atoms with Gasteiger partial charge in [0.15, 0.2) is 5.13 Å². The minimum absolute atomic E-state index is 0.114. The van der Waals surface area contributed by atoms with E-state index in [1.165, 1.54) is 34.4 Å². The minimum atomic E-state index is -0.467. The van der Waals surface area contributed by atoms with Crippen LogP contribution in [0.25, 0.3) is 17.3 Å². The van der Waals surface area contributed by atoms with E-state index in [0.717, 1.165) is 21.0 Å². The lowest BCUT2D eigenvalue weighted by Crippen LogP contribution is -2.30. The number of hydrogen-bond acceptors (Lipinski definition) is 7. The number of rotatable bonds is 10. The predicted octanol–water partition coefficient (Wildman–Crippen LogP) is 8.05. The molecule has 0 spiro atoms. The standard InChI is InChI=1S/C32H25ClN4O3S3/c1-20(29(38)37-32-36-28(19-42-32)21-12-14-23(33)15-13-21)43-26-10-5-9-24(17-26)34-31(40)27(18-25-11-6-16-41-25)35-30(39)22-7-3-2-4-8-22/h2-20H,1H3,(H,34,40)(H,35,39)(H,36,37,38)/b27-18-. The van der Waals surface area contributed by atoms with Gasteiger partial charge < -0.3 is 16.0 Å². The van der Waals surface area contributed by atoms with Crippen LogP contribution < -0.4 is 16.0 Å². The van der Waals surface area contributed by atoms with Gasteiger partial charge in [-0.25, -0.2) is 4.98 Å². The molecule has 1 unspecified atom stereocenters. The van der Waals surface area contributed by atoms with Crippen LogP contribution in [-0.4, -0.2) is 28.0 Å². The number of benzene rings is 3. The number of thiophene rings is 1. The lowest BCUT2D eigenvalue weighted by molar-refractivity contribution is -0.115. The molecule has 0 aliphatic carbocycles. The zero-order valence-electron chi connectivity index (χ0n) is 22.7. The van der Waals surface area contributed by atoms with Crippen molar-refractivity contribution >= 4 is 80.7 Å². The SMILES string of the molecule is CC(Sc1cccc(NC(=O)/C(=C/c2cccs2)NC(=O)c2ccccc2)c1)C(=O)Nc1nc(-c2ccc(Cl)cc2)cs1. The molecule has 7 nitrogen and oxygen atoms in total. The highest BCUT2D eigenvalue weighted by molar-refractivity contribution is 8.00. The molecule has 11 heteroatoms. The number of carbonyl (C=O) groups excluding carboxylic acids is 3. The molecule has 0 radical (unpaired) electrons. The number of thiazole rings is 1. The number of hydrogen-bond donors (Lipinski definition) is 3. The first-order valence-corrected chi connectivity index (χ1v) is 16.1. The molecule has 5 rings (SSSR count). The quantitative estimate of drug-likeness (QED) is 0.105. The molecule has 0 saturated carbocycles. The van der Waals surface area contributed by atoms with Crippen molar-refractivity contribution in [3.63, 3.8) is 0 Å². The largest absolute Gasteiger partial charge is 0.321 e. The number of aromatic nitrogens is 1. The summed E-state index contributed by atoms with van der Waals surface area (Å²) in [6, 6.07) is 27.0. The van der Waals surface area contributed by atoms with Crippen LogP contribution >= 0.6 is 46.0 Å². The van der Waals surface area contributed by atoms with Gasteiger partial charge in [-0.05, 0) is 66.9 Å². The summed E-state index contributed by atoms with van der Waals surface area (Å²) in [6.45, 7) is 1.81. The summed E-state index contributed by atoms with van der Waals surface area (Å²) in [5, 5.41) is 13.0. The summed E-state index contributed by atoms with van der Waals surface area (Å²) in [7, 11) is 0. The normalized spacial score (nSPS) is 11.9. The molecule has 43 heavy (non-hydrogen) atoms. The molecule has 0 aliphatic rings. The highest BCUT2D eigenvalue weighted by atomic mass is 35.5. The van der Waals surface area contributed by atoms with E-state index in [9.17, 15) is 14.4 Å². The predicted molar refractivity (Wildman–Crippen MR) is 178 cm³/mol. The summed E-state index contributed by atoms with van der Waals surface area (Å²) in [4.78, 5) is 45.2. The molecule has 1 atom stereocenters. The van der Waals surface area contributed by atoms with Crippen molar-refractivity contribution in [2.75, 3.05) is 10.6 Å². The molecule has 0 bridgehead atoms. The molecule has 2 aromatic heterocycles. The first-order valence-electron chi connectivity index (χ1n) is 13.1. The average Bonchev–Trinajstić information content (AvgIpc) is 3.70. The Labute approximate surface area is 266 Å². The smallest absolute Gasteiger partial charge is 0.272 e. The number of halogens is 1. The molecule has 0 aliphatic heterocycles. The zero-order chi connectivity index (χ0) is 30.2. The van der Waals surface area contributed by atoms with Gasteiger partial charge in [-0.2, -0.15) is 0 Å². The number of nitrogens with one attached hydrogen (secondary N) is 3. The molecule has 3 amide bonds. The van der Waals surface area contributed by atoms with Crippen LogP contribution in [0.2, 0.25) is 5.02 Å². The van der Waals surface area contributed by atoms with Crippen molar-refractivity contribution in [3.05, 3.63) is 123 Å². The lowest BCUT2D eigenvalue weighted by Gasteiger charge is -2.13. The molecular formula is C32H25ClN4O3S3. The van der Waals surface area contributed by atoms with Gasteiger partial charge in [0, 0.05) is 37.0 Å². The third-order valence-corrected chi connectivity index (χ3v) is 8.93. The van der Waals surface area contributed by atoms with Crippen LogP contribution in [0.4, 0.5) is 10.8 Å². The molecule has 216 valence electrons. The Morgan fingerprint density at radius 1 is 0.907 bits per heavy atom. The first-order chi connectivity index (χ1) is 20.8. The topological polar surface area (TPSA) is 100 Å². The van der Waals surface area contributed by atoms with Gasteiger partial charge >= 0.3 is 0 Å². The van der Waals surface area contributed by atoms with Gasteiger partial charge in [0.1, 0.15) is 5.70 Å². The third kappa shape index (κ3) is 8.42. The second kappa shape index (κ2) is 14.3. The van der Waals surface area contributed by atoms with Gasteiger partial charge in [0.05, 0.1) is 10.9 Å². The summed E-state index contributed by atoms with van der Waals surface area (Å²) in [6.07, 6.45) is 1.64. The maximum Gasteiger partial charge on any atom is 0.272 e. The Morgan fingerprint density at radius 2 is 1.70 bits per heavy atom. The van der Waals surface area contributed by atoms with E-state index in [-0.39, 0.29) is 17.5 Å². The summed E-state index contributed by atoms with van der Waals surface area (Å²) in [5.41, 5.74) is 2.75. The molecule has 5 aromatic rings. The van der Waals surface area contributed by atoms with Crippen molar-refractivity contribution in [3.8, 4) is 11.3 Å². The molecule has 2 heterocycles. The van der Waals surface area contributed by atoms with Crippen LogP contribution in [0.1, 0.15) is 22.2 Å². The van der Waals surface area contributed by atoms with Gasteiger partial charge in [0.2, 0.25) is 5.91 Å². The maximum atomic E-state index is 13.3. The monoisotopic (exact) mass is 644 g/mol. The van der Waals surface area contributed by atoms with Crippen molar-refractivity contribution in [2.24, 2.45) is 0 Å². The van der Waals surface area contributed by atoms with E-state index in [1.54, 1.807) is 67.6 Å². The van der Waals surface area contributed by atoms with Crippen LogP contribution in [0, 0.1) is 0 Å². The van der Waals surface area contributed by atoms with Gasteiger partial charge in [-0.1, -0.05) is 54.1 Å². The van der Waals surface area contributed by atoms with Crippen LogP contribution in [0.5, 0.6) is 0 Å². The van der Waals surface area contributed by atoms with Crippen molar-refractivity contribution in [1.82, 2.24) is 10.3 Å². The molecule has 3 aromatic carbocycles.